The average Bonchev–Trinajstić information content (AvgIpc) is 2.93. The van der Waals surface area contributed by atoms with Crippen LogP contribution in [0.2, 0.25) is 5.02 Å². The zero-order valence-electron chi connectivity index (χ0n) is 11.2. The number of rotatable bonds is 4. The lowest BCUT2D eigenvalue weighted by Crippen LogP contribution is -2.00. The molecule has 0 spiro atoms. The molecule has 1 N–H and O–H groups in total. The second-order valence-corrected chi connectivity index (χ2v) is 5.55. The minimum absolute atomic E-state index is 0.452. The number of aliphatic hydroxyl groups excluding tert-OH is 1. The van der Waals surface area contributed by atoms with Gasteiger partial charge in [-0.3, -0.25) is 0 Å². The highest BCUT2D eigenvalue weighted by atomic mass is 35.5. The van der Waals surface area contributed by atoms with E-state index >= 15 is 0 Å². The number of fused-ring (bicyclic) bond motifs is 1. The van der Waals surface area contributed by atoms with Crippen LogP contribution < -0.4 is 4.74 Å². The van der Waals surface area contributed by atoms with Crippen LogP contribution in [-0.4, -0.2) is 11.7 Å². The van der Waals surface area contributed by atoms with Gasteiger partial charge < -0.3 is 9.84 Å². The second-order valence-electron chi connectivity index (χ2n) is 5.12. The molecule has 0 saturated carbocycles. The smallest absolute Gasteiger partial charge is 0.125 e. The summed E-state index contributed by atoms with van der Waals surface area (Å²) >= 11 is 6.14. The highest BCUT2D eigenvalue weighted by molar-refractivity contribution is 6.30. The Kier molecular flexibility index (Phi) is 3.95. The summed E-state index contributed by atoms with van der Waals surface area (Å²) in [5.74, 6) is 0.967. The zero-order valence-corrected chi connectivity index (χ0v) is 11.9. The fourth-order valence-corrected chi connectivity index (χ4v) is 2.93. The highest BCUT2D eigenvalue weighted by Gasteiger charge is 2.18. The van der Waals surface area contributed by atoms with E-state index in [4.69, 9.17) is 16.3 Å². The van der Waals surface area contributed by atoms with Gasteiger partial charge in [0.05, 0.1) is 12.7 Å². The normalized spacial score (nSPS) is 14.7. The van der Waals surface area contributed by atoms with Gasteiger partial charge in [-0.2, -0.15) is 0 Å². The molecule has 104 valence electrons. The Morgan fingerprint density at radius 1 is 1.20 bits per heavy atom. The van der Waals surface area contributed by atoms with Crippen LogP contribution in [0, 0.1) is 0 Å². The maximum Gasteiger partial charge on any atom is 0.125 e. The summed E-state index contributed by atoms with van der Waals surface area (Å²) in [6.07, 6.45) is 1.90. The third-order valence-corrected chi connectivity index (χ3v) is 3.92. The number of hydrogen-bond donors (Lipinski definition) is 1. The summed E-state index contributed by atoms with van der Waals surface area (Å²) < 4.78 is 5.68. The van der Waals surface area contributed by atoms with Gasteiger partial charge in [-0.05, 0) is 41.7 Å². The number of halogens is 1. The fourth-order valence-electron chi connectivity index (χ4n) is 2.67. The van der Waals surface area contributed by atoms with Crippen molar-refractivity contribution in [3.63, 3.8) is 0 Å². The molecule has 0 saturated heterocycles. The molecule has 1 atom stereocenters. The maximum atomic E-state index is 10.2. The van der Waals surface area contributed by atoms with Crippen LogP contribution in [0.25, 0.3) is 0 Å². The van der Waals surface area contributed by atoms with Gasteiger partial charge in [0.25, 0.3) is 0 Å². The number of ether oxygens (including phenoxy) is 1. The van der Waals surface area contributed by atoms with Gasteiger partial charge in [-0.1, -0.05) is 41.9 Å². The Morgan fingerprint density at radius 2 is 2.00 bits per heavy atom. The molecule has 3 rings (SSSR count). The predicted molar refractivity (Wildman–Crippen MR) is 80.4 cm³/mol. The maximum absolute atomic E-state index is 10.2. The summed E-state index contributed by atoms with van der Waals surface area (Å²) in [6, 6.07) is 13.7. The highest BCUT2D eigenvalue weighted by Crippen LogP contribution is 2.34. The first-order chi connectivity index (χ1) is 9.74. The van der Waals surface area contributed by atoms with E-state index in [2.05, 4.69) is 0 Å². The van der Waals surface area contributed by atoms with Gasteiger partial charge in [-0.15, -0.1) is 0 Å². The second kappa shape index (κ2) is 5.86. The number of hydrogen-bond acceptors (Lipinski definition) is 2. The van der Waals surface area contributed by atoms with Crippen LogP contribution in [0.4, 0.5) is 0 Å². The van der Waals surface area contributed by atoms with Crippen molar-refractivity contribution >= 4 is 11.6 Å². The van der Waals surface area contributed by atoms with E-state index in [1.54, 1.807) is 0 Å². The third kappa shape index (κ3) is 2.82. The molecule has 3 heteroatoms. The minimum Gasteiger partial charge on any atom is -0.493 e. The van der Waals surface area contributed by atoms with Crippen molar-refractivity contribution in [3.8, 4) is 5.75 Å². The Labute approximate surface area is 124 Å². The Morgan fingerprint density at radius 3 is 2.80 bits per heavy atom. The van der Waals surface area contributed by atoms with E-state index in [1.807, 2.05) is 42.5 Å². The van der Waals surface area contributed by atoms with Crippen LogP contribution in [0.5, 0.6) is 5.75 Å². The Bertz CT molecular complexity index is 595. The summed E-state index contributed by atoms with van der Waals surface area (Å²) in [6.45, 7) is 0.726. The quantitative estimate of drug-likeness (QED) is 0.923. The number of benzene rings is 2. The zero-order chi connectivity index (χ0) is 13.9. The van der Waals surface area contributed by atoms with Crippen molar-refractivity contribution in [1.29, 1.82) is 0 Å². The summed E-state index contributed by atoms with van der Waals surface area (Å²) in [5, 5.41) is 11.0. The van der Waals surface area contributed by atoms with Gasteiger partial charge in [0, 0.05) is 11.4 Å². The van der Waals surface area contributed by atoms with Crippen molar-refractivity contribution in [2.24, 2.45) is 0 Å². The SMILES string of the molecule is OC(CCc1cc(Cl)cc2c1OCC2)c1ccccc1. The molecule has 2 aromatic rings. The minimum atomic E-state index is -0.452. The standard InChI is InChI=1S/C17H17ClO2/c18-15-10-13(17-14(11-15)8-9-20-17)6-7-16(19)12-4-2-1-3-5-12/h1-5,10-11,16,19H,6-9H2. The monoisotopic (exact) mass is 288 g/mol. The lowest BCUT2D eigenvalue weighted by Gasteiger charge is -2.13. The molecule has 0 aromatic heterocycles. The molecule has 2 nitrogen and oxygen atoms in total. The lowest BCUT2D eigenvalue weighted by molar-refractivity contribution is 0.167. The van der Waals surface area contributed by atoms with E-state index in [9.17, 15) is 5.11 Å². The molecule has 1 aliphatic heterocycles. The van der Waals surface area contributed by atoms with Crippen LogP contribution in [-0.2, 0) is 12.8 Å². The molecular weight excluding hydrogens is 272 g/mol. The first-order valence-corrected chi connectivity index (χ1v) is 7.29. The van der Waals surface area contributed by atoms with E-state index in [0.29, 0.717) is 6.42 Å². The molecule has 1 aliphatic rings. The van der Waals surface area contributed by atoms with Crippen LogP contribution in [0.15, 0.2) is 42.5 Å². The Balaban J connectivity index is 1.73. The molecule has 20 heavy (non-hydrogen) atoms. The van der Waals surface area contributed by atoms with Crippen molar-refractivity contribution in [2.75, 3.05) is 6.61 Å². The lowest BCUT2D eigenvalue weighted by atomic mass is 9.99. The first kappa shape index (κ1) is 13.5. The van der Waals surface area contributed by atoms with E-state index in [1.165, 1.54) is 5.56 Å². The van der Waals surface area contributed by atoms with Crippen LogP contribution in [0.3, 0.4) is 0 Å². The van der Waals surface area contributed by atoms with Crippen LogP contribution in [0.1, 0.15) is 29.2 Å². The molecule has 0 fully saturated rings. The van der Waals surface area contributed by atoms with Gasteiger partial charge in [0.15, 0.2) is 0 Å². The number of aliphatic hydroxyl groups is 1. The first-order valence-electron chi connectivity index (χ1n) is 6.91. The largest absolute Gasteiger partial charge is 0.493 e. The number of aryl methyl sites for hydroxylation is 1. The van der Waals surface area contributed by atoms with E-state index in [0.717, 1.165) is 41.3 Å². The van der Waals surface area contributed by atoms with Crippen LogP contribution >= 0.6 is 11.6 Å². The molecule has 1 heterocycles. The molecule has 1 unspecified atom stereocenters. The summed E-state index contributed by atoms with van der Waals surface area (Å²) in [4.78, 5) is 0. The van der Waals surface area contributed by atoms with Crippen molar-refractivity contribution in [2.45, 2.75) is 25.4 Å². The van der Waals surface area contributed by atoms with Gasteiger partial charge in [0.1, 0.15) is 5.75 Å². The molecule has 2 aromatic carbocycles. The Hall–Kier alpha value is -1.51. The third-order valence-electron chi connectivity index (χ3n) is 3.70. The topological polar surface area (TPSA) is 29.5 Å². The summed E-state index contributed by atoms with van der Waals surface area (Å²) in [5.41, 5.74) is 3.23. The van der Waals surface area contributed by atoms with Crippen molar-refractivity contribution in [1.82, 2.24) is 0 Å². The van der Waals surface area contributed by atoms with Gasteiger partial charge in [-0.25, -0.2) is 0 Å². The molecule has 0 amide bonds. The summed E-state index contributed by atoms with van der Waals surface area (Å²) in [7, 11) is 0. The van der Waals surface area contributed by atoms with Crippen molar-refractivity contribution in [3.05, 3.63) is 64.2 Å². The molecule has 0 aliphatic carbocycles. The average molecular weight is 289 g/mol. The van der Waals surface area contributed by atoms with E-state index in [-0.39, 0.29) is 0 Å². The van der Waals surface area contributed by atoms with E-state index < -0.39 is 6.10 Å². The fraction of sp³-hybridized carbons (Fsp3) is 0.294. The molecule has 0 bridgehead atoms. The molecular formula is C17H17ClO2. The van der Waals surface area contributed by atoms with Gasteiger partial charge >= 0.3 is 0 Å². The molecule has 0 radical (unpaired) electrons. The predicted octanol–water partition coefficient (Wildman–Crippen LogP) is 3.94. The van der Waals surface area contributed by atoms with Gasteiger partial charge in [0.2, 0.25) is 0 Å². The van der Waals surface area contributed by atoms with Crippen molar-refractivity contribution < 1.29 is 9.84 Å².